The van der Waals surface area contributed by atoms with Crippen molar-refractivity contribution in [3.05, 3.63) is 23.0 Å². The minimum absolute atomic E-state index is 0.312. The molecule has 2 aromatic rings. The maximum atomic E-state index is 11.3. The van der Waals surface area contributed by atoms with E-state index < -0.39 is 5.97 Å². The van der Waals surface area contributed by atoms with Crippen LogP contribution in [-0.4, -0.2) is 27.8 Å². The van der Waals surface area contributed by atoms with Gasteiger partial charge in [0.1, 0.15) is 0 Å². The highest BCUT2D eigenvalue weighted by Crippen LogP contribution is 2.23. The monoisotopic (exact) mass is 266 g/mol. The average molecular weight is 266 g/mol. The van der Waals surface area contributed by atoms with Gasteiger partial charge in [-0.2, -0.15) is 5.10 Å². The number of hydrogen-bond acceptors (Lipinski definition) is 6. The fourth-order valence-electron chi connectivity index (χ4n) is 1.54. The summed E-state index contributed by atoms with van der Waals surface area (Å²) in [6, 6.07) is 0. The molecule has 1 N–H and O–H groups in total. The Morgan fingerprint density at radius 3 is 3.06 bits per heavy atom. The molecule has 0 aromatic carbocycles. The third kappa shape index (κ3) is 2.51. The van der Waals surface area contributed by atoms with Crippen LogP contribution in [0.1, 0.15) is 23.1 Å². The van der Waals surface area contributed by atoms with Crippen LogP contribution in [0.25, 0.3) is 0 Å². The SMILES string of the molecule is CCc1nn(C)cc1Nc1nc(C(=O)OC)cs1. The van der Waals surface area contributed by atoms with Crippen molar-refractivity contribution in [1.29, 1.82) is 0 Å². The van der Waals surface area contributed by atoms with Gasteiger partial charge >= 0.3 is 5.97 Å². The standard InChI is InChI=1S/C11H14N4O2S/c1-4-7-8(5-15(2)14-7)12-11-13-9(6-18-11)10(16)17-3/h5-6H,4H2,1-3H3,(H,12,13). The van der Waals surface area contributed by atoms with Crippen molar-refractivity contribution in [2.24, 2.45) is 7.05 Å². The summed E-state index contributed by atoms with van der Waals surface area (Å²) >= 11 is 1.36. The van der Waals surface area contributed by atoms with E-state index in [9.17, 15) is 4.79 Å². The molecule has 0 saturated carbocycles. The Hall–Kier alpha value is -1.89. The van der Waals surface area contributed by atoms with E-state index in [2.05, 4.69) is 20.1 Å². The quantitative estimate of drug-likeness (QED) is 0.857. The van der Waals surface area contributed by atoms with Crippen LogP contribution in [0.2, 0.25) is 0 Å². The number of carbonyl (C=O) groups excluding carboxylic acids is 1. The Morgan fingerprint density at radius 2 is 2.39 bits per heavy atom. The molecule has 18 heavy (non-hydrogen) atoms. The highest BCUT2D eigenvalue weighted by atomic mass is 32.1. The molecule has 2 aromatic heterocycles. The summed E-state index contributed by atoms with van der Waals surface area (Å²) in [6.45, 7) is 2.04. The van der Waals surface area contributed by atoms with Crippen LogP contribution in [0.15, 0.2) is 11.6 Å². The number of esters is 1. The van der Waals surface area contributed by atoms with Crippen LogP contribution in [0.4, 0.5) is 10.8 Å². The zero-order valence-corrected chi connectivity index (χ0v) is 11.2. The van der Waals surface area contributed by atoms with Gasteiger partial charge in [0.15, 0.2) is 10.8 Å². The number of aromatic nitrogens is 3. The lowest BCUT2D eigenvalue weighted by Crippen LogP contribution is -2.01. The largest absolute Gasteiger partial charge is 0.464 e. The lowest BCUT2D eigenvalue weighted by atomic mass is 10.3. The van der Waals surface area contributed by atoms with E-state index in [1.54, 1.807) is 10.1 Å². The van der Waals surface area contributed by atoms with Crippen molar-refractivity contribution in [2.75, 3.05) is 12.4 Å². The molecule has 0 saturated heterocycles. The van der Waals surface area contributed by atoms with Crippen LogP contribution < -0.4 is 5.32 Å². The lowest BCUT2D eigenvalue weighted by molar-refractivity contribution is 0.0595. The molecule has 0 amide bonds. The topological polar surface area (TPSA) is 69.0 Å². The van der Waals surface area contributed by atoms with Crippen molar-refractivity contribution < 1.29 is 9.53 Å². The Balaban J connectivity index is 2.18. The first-order valence-electron chi connectivity index (χ1n) is 5.47. The smallest absolute Gasteiger partial charge is 0.357 e. The molecule has 0 fully saturated rings. The van der Waals surface area contributed by atoms with Gasteiger partial charge in [0.2, 0.25) is 0 Å². The summed E-state index contributed by atoms with van der Waals surface area (Å²) in [5.41, 5.74) is 2.19. The van der Waals surface area contributed by atoms with Crippen molar-refractivity contribution in [3.8, 4) is 0 Å². The Labute approximate surface area is 109 Å². The van der Waals surface area contributed by atoms with E-state index in [0.717, 1.165) is 17.8 Å². The Kier molecular flexibility index (Phi) is 3.61. The van der Waals surface area contributed by atoms with Gasteiger partial charge in [0.25, 0.3) is 0 Å². The molecule has 0 aliphatic carbocycles. The Bertz CT molecular complexity index is 561. The van der Waals surface area contributed by atoms with Crippen molar-refractivity contribution in [3.63, 3.8) is 0 Å². The molecule has 2 heterocycles. The molecule has 6 nitrogen and oxygen atoms in total. The number of hydrogen-bond donors (Lipinski definition) is 1. The van der Waals surface area contributed by atoms with E-state index >= 15 is 0 Å². The third-order valence-electron chi connectivity index (χ3n) is 2.38. The van der Waals surface area contributed by atoms with Gasteiger partial charge in [-0.25, -0.2) is 9.78 Å². The first kappa shape index (κ1) is 12.6. The number of nitrogens with zero attached hydrogens (tertiary/aromatic N) is 3. The maximum absolute atomic E-state index is 11.3. The zero-order valence-electron chi connectivity index (χ0n) is 10.4. The van der Waals surface area contributed by atoms with E-state index in [-0.39, 0.29) is 0 Å². The average Bonchev–Trinajstić information content (AvgIpc) is 2.95. The second kappa shape index (κ2) is 5.18. The van der Waals surface area contributed by atoms with Gasteiger partial charge in [-0.05, 0) is 6.42 Å². The highest BCUT2D eigenvalue weighted by molar-refractivity contribution is 7.14. The number of aryl methyl sites for hydroxylation is 2. The fourth-order valence-corrected chi connectivity index (χ4v) is 2.24. The molecule has 0 atom stereocenters. The van der Waals surface area contributed by atoms with Gasteiger partial charge in [0, 0.05) is 18.6 Å². The summed E-state index contributed by atoms with van der Waals surface area (Å²) in [4.78, 5) is 15.4. The fraction of sp³-hybridized carbons (Fsp3) is 0.364. The molecule has 7 heteroatoms. The van der Waals surface area contributed by atoms with Crippen molar-refractivity contribution in [1.82, 2.24) is 14.8 Å². The van der Waals surface area contributed by atoms with Crippen molar-refractivity contribution in [2.45, 2.75) is 13.3 Å². The minimum atomic E-state index is -0.429. The van der Waals surface area contributed by atoms with E-state index in [1.165, 1.54) is 18.4 Å². The lowest BCUT2D eigenvalue weighted by Gasteiger charge is -2.00. The minimum Gasteiger partial charge on any atom is -0.464 e. The number of carbonyl (C=O) groups is 1. The second-order valence-electron chi connectivity index (χ2n) is 3.67. The van der Waals surface area contributed by atoms with Crippen molar-refractivity contribution >= 4 is 28.1 Å². The summed E-state index contributed by atoms with van der Waals surface area (Å²) in [5, 5.41) is 9.80. The highest BCUT2D eigenvalue weighted by Gasteiger charge is 2.12. The first-order valence-corrected chi connectivity index (χ1v) is 6.35. The Morgan fingerprint density at radius 1 is 1.61 bits per heavy atom. The number of nitrogens with one attached hydrogen (secondary N) is 1. The third-order valence-corrected chi connectivity index (χ3v) is 3.14. The molecule has 2 rings (SSSR count). The number of methoxy groups -OCH3 is 1. The van der Waals surface area contributed by atoms with Gasteiger partial charge in [-0.15, -0.1) is 11.3 Å². The van der Waals surface area contributed by atoms with Crippen LogP contribution in [-0.2, 0) is 18.2 Å². The molecular formula is C11H14N4O2S. The van der Waals surface area contributed by atoms with Gasteiger partial charge in [-0.1, -0.05) is 6.92 Å². The van der Waals surface area contributed by atoms with E-state index in [1.807, 2.05) is 20.2 Å². The molecule has 0 aliphatic rings. The maximum Gasteiger partial charge on any atom is 0.357 e. The molecule has 96 valence electrons. The predicted molar refractivity (Wildman–Crippen MR) is 69.3 cm³/mol. The number of rotatable bonds is 4. The van der Waals surface area contributed by atoms with Crippen LogP contribution in [0.5, 0.6) is 0 Å². The molecular weight excluding hydrogens is 252 g/mol. The zero-order chi connectivity index (χ0) is 13.1. The van der Waals surface area contributed by atoms with Gasteiger partial charge < -0.3 is 10.1 Å². The summed E-state index contributed by atoms with van der Waals surface area (Å²) in [6.07, 6.45) is 2.72. The van der Waals surface area contributed by atoms with E-state index in [0.29, 0.717) is 10.8 Å². The molecule has 0 bridgehead atoms. The summed E-state index contributed by atoms with van der Waals surface area (Å²) < 4.78 is 6.36. The predicted octanol–water partition coefficient (Wildman–Crippen LogP) is 1.97. The molecule has 0 spiro atoms. The van der Waals surface area contributed by atoms with Gasteiger partial charge in [-0.3, -0.25) is 4.68 Å². The van der Waals surface area contributed by atoms with Crippen LogP contribution in [0.3, 0.4) is 0 Å². The first-order chi connectivity index (χ1) is 8.63. The number of ether oxygens (including phenoxy) is 1. The number of anilines is 2. The molecule has 0 unspecified atom stereocenters. The molecule has 0 radical (unpaired) electrons. The molecule has 0 aliphatic heterocycles. The van der Waals surface area contributed by atoms with Crippen LogP contribution >= 0.6 is 11.3 Å². The second-order valence-corrected chi connectivity index (χ2v) is 4.53. The van der Waals surface area contributed by atoms with E-state index in [4.69, 9.17) is 0 Å². The summed E-state index contributed by atoms with van der Waals surface area (Å²) in [7, 11) is 3.21. The van der Waals surface area contributed by atoms with Crippen LogP contribution in [0, 0.1) is 0 Å². The normalized spacial score (nSPS) is 10.4. The number of thiazole rings is 1. The summed E-state index contributed by atoms with van der Waals surface area (Å²) in [5.74, 6) is -0.429. The van der Waals surface area contributed by atoms with Gasteiger partial charge in [0.05, 0.1) is 18.5 Å².